The van der Waals surface area contributed by atoms with Crippen LogP contribution in [0.3, 0.4) is 0 Å². The van der Waals surface area contributed by atoms with Gasteiger partial charge < -0.3 is 10.6 Å². The molecule has 9 nitrogen and oxygen atoms in total. The van der Waals surface area contributed by atoms with Crippen LogP contribution in [0.2, 0.25) is 0 Å². The molecule has 0 radical (unpaired) electrons. The summed E-state index contributed by atoms with van der Waals surface area (Å²) in [4.78, 5) is 42.2. The van der Waals surface area contributed by atoms with E-state index >= 15 is 0 Å². The molecular weight excluding hydrogens is 420 g/mol. The lowest BCUT2D eigenvalue weighted by atomic mass is 10.1. The Hall–Kier alpha value is -3.62. The number of hydrogen-bond donors (Lipinski definition) is 2. The summed E-state index contributed by atoms with van der Waals surface area (Å²) in [7, 11) is 0. The smallest absolute Gasteiger partial charge is 0.330 e. The zero-order valence-electron chi connectivity index (χ0n) is 19.7. The van der Waals surface area contributed by atoms with Gasteiger partial charge in [0.2, 0.25) is 5.91 Å². The molecular formula is C24H32N6O3. The molecule has 176 valence electrons. The Morgan fingerprint density at radius 1 is 1.12 bits per heavy atom. The SMILES string of the molecule is CCCCN(C(=O)Cc1c(C)nn(-c2ccccc2)c1C)c1c(N)n(CCC)c(=O)[nH]c1=O. The normalized spacial score (nSPS) is 11.0. The Balaban J connectivity index is 2.02. The van der Waals surface area contributed by atoms with Gasteiger partial charge in [0.1, 0.15) is 5.82 Å². The number of anilines is 2. The second-order valence-electron chi connectivity index (χ2n) is 8.12. The van der Waals surface area contributed by atoms with Gasteiger partial charge in [-0.3, -0.25) is 19.1 Å². The average molecular weight is 453 g/mol. The minimum atomic E-state index is -0.650. The summed E-state index contributed by atoms with van der Waals surface area (Å²) in [6.45, 7) is 8.39. The van der Waals surface area contributed by atoms with Crippen molar-refractivity contribution in [2.45, 2.75) is 59.9 Å². The van der Waals surface area contributed by atoms with Crippen molar-refractivity contribution in [1.82, 2.24) is 19.3 Å². The van der Waals surface area contributed by atoms with Crippen molar-refractivity contribution in [3.63, 3.8) is 0 Å². The molecule has 3 aromatic rings. The second kappa shape index (κ2) is 10.3. The summed E-state index contributed by atoms with van der Waals surface area (Å²) in [5, 5.41) is 4.62. The molecule has 0 aliphatic carbocycles. The zero-order valence-corrected chi connectivity index (χ0v) is 19.7. The first-order valence-corrected chi connectivity index (χ1v) is 11.3. The molecule has 0 spiro atoms. The fourth-order valence-electron chi connectivity index (χ4n) is 3.96. The van der Waals surface area contributed by atoms with Crippen molar-refractivity contribution in [2.24, 2.45) is 0 Å². The van der Waals surface area contributed by atoms with Crippen LogP contribution < -0.4 is 21.9 Å². The molecule has 1 aromatic carbocycles. The Morgan fingerprint density at radius 3 is 2.45 bits per heavy atom. The van der Waals surface area contributed by atoms with Crippen molar-refractivity contribution < 1.29 is 4.79 Å². The topological polar surface area (TPSA) is 119 Å². The van der Waals surface area contributed by atoms with Crippen LogP contribution >= 0.6 is 0 Å². The lowest BCUT2D eigenvalue weighted by Gasteiger charge is -2.24. The Morgan fingerprint density at radius 2 is 1.82 bits per heavy atom. The van der Waals surface area contributed by atoms with Crippen LogP contribution in [0.15, 0.2) is 39.9 Å². The number of nitrogens with zero attached hydrogens (tertiary/aromatic N) is 4. The summed E-state index contributed by atoms with van der Waals surface area (Å²) in [5.41, 5.74) is 8.39. The van der Waals surface area contributed by atoms with E-state index < -0.39 is 11.2 Å². The largest absolute Gasteiger partial charge is 0.383 e. The fourth-order valence-corrected chi connectivity index (χ4v) is 3.96. The number of aromatic nitrogens is 4. The maximum Gasteiger partial charge on any atom is 0.330 e. The number of aryl methyl sites for hydroxylation is 1. The van der Waals surface area contributed by atoms with Crippen LogP contribution in [-0.2, 0) is 17.8 Å². The molecule has 33 heavy (non-hydrogen) atoms. The van der Waals surface area contributed by atoms with E-state index in [9.17, 15) is 14.4 Å². The Bertz CT molecular complexity index is 1240. The number of nitrogen functional groups attached to an aromatic ring is 1. The number of carbonyl (C=O) groups excluding carboxylic acids is 1. The third-order valence-electron chi connectivity index (χ3n) is 5.74. The molecule has 3 rings (SSSR count). The van der Waals surface area contributed by atoms with E-state index in [2.05, 4.69) is 10.1 Å². The van der Waals surface area contributed by atoms with Gasteiger partial charge in [-0.05, 0) is 38.8 Å². The number of para-hydroxylation sites is 1. The maximum absolute atomic E-state index is 13.5. The minimum Gasteiger partial charge on any atom is -0.383 e. The average Bonchev–Trinajstić information content (AvgIpc) is 3.07. The number of hydrogen-bond acceptors (Lipinski definition) is 5. The number of nitrogens with two attached hydrogens (primary N) is 1. The molecule has 0 unspecified atom stereocenters. The van der Waals surface area contributed by atoms with Crippen molar-refractivity contribution in [2.75, 3.05) is 17.2 Å². The number of amides is 1. The molecule has 0 atom stereocenters. The maximum atomic E-state index is 13.5. The van der Waals surface area contributed by atoms with Gasteiger partial charge in [-0.25, -0.2) is 9.48 Å². The number of nitrogens with one attached hydrogen (secondary N) is 1. The first-order chi connectivity index (χ1) is 15.8. The van der Waals surface area contributed by atoms with Crippen molar-refractivity contribution in [3.8, 4) is 5.69 Å². The first kappa shape index (κ1) is 24.0. The van der Waals surface area contributed by atoms with Crippen LogP contribution in [0, 0.1) is 13.8 Å². The van der Waals surface area contributed by atoms with Gasteiger partial charge in [-0.1, -0.05) is 38.5 Å². The molecule has 1 amide bonds. The highest BCUT2D eigenvalue weighted by Gasteiger charge is 2.26. The standard InChI is InChI=1S/C24H32N6O3/c1-5-7-14-28(21-22(25)29(13-6-2)24(33)26-23(21)32)20(31)15-19-16(3)27-30(17(19)4)18-11-9-8-10-12-18/h8-12H,5-7,13-15,25H2,1-4H3,(H,26,32,33). The van der Waals surface area contributed by atoms with Gasteiger partial charge in [0, 0.05) is 24.3 Å². The zero-order chi connectivity index (χ0) is 24.1. The molecule has 0 saturated carbocycles. The third kappa shape index (κ3) is 4.92. The summed E-state index contributed by atoms with van der Waals surface area (Å²) < 4.78 is 3.13. The molecule has 0 fully saturated rings. The number of benzene rings is 1. The van der Waals surface area contributed by atoms with E-state index in [-0.39, 0.29) is 23.8 Å². The van der Waals surface area contributed by atoms with Crippen LogP contribution in [0.4, 0.5) is 11.5 Å². The van der Waals surface area contributed by atoms with E-state index in [1.165, 1.54) is 9.47 Å². The monoisotopic (exact) mass is 452 g/mol. The third-order valence-corrected chi connectivity index (χ3v) is 5.74. The van der Waals surface area contributed by atoms with Gasteiger partial charge in [0.15, 0.2) is 5.69 Å². The van der Waals surface area contributed by atoms with E-state index in [0.717, 1.165) is 29.1 Å². The molecule has 3 N–H and O–H groups in total. The first-order valence-electron chi connectivity index (χ1n) is 11.3. The molecule has 2 heterocycles. The van der Waals surface area contributed by atoms with Gasteiger partial charge in [0.25, 0.3) is 5.56 Å². The summed E-state index contributed by atoms with van der Waals surface area (Å²) in [5.74, 6) is -0.246. The predicted molar refractivity (Wildman–Crippen MR) is 130 cm³/mol. The second-order valence-corrected chi connectivity index (χ2v) is 8.12. The van der Waals surface area contributed by atoms with Crippen molar-refractivity contribution >= 4 is 17.4 Å². The number of unbranched alkanes of at least 4 members (excludes halogenated alkanes) is 1. The summed E-state index contributed by atoms with van der Waals surface area (Å²) in [6.07, 6.45) is 2.26. The quantitative estimate of drug-likeness (QED) is 0.517. The summed E-state index contributed by atoms with van der Waals surface area (Å²) in [6, 6.07) is 9.71. The lowest BCUT2D eigenvalue weighted by molar-refractivity contribution is -0.118. The molecule has 0 bridgehead atoms. The number of carbonyl (C=O) groups is 1. The molecule has 9 heteroatoms. The Kier molecular flexibility index (Phi) is 7.52. The van der Waals surface area contributed by atoms with Crippen molar-refractivity contribution in [3.05, 3.63) is 68.1 Å². The lowest BCUT2D eigenvalue weighted by Crippen LogP contribution is -2.42. The minimum absolute atomic E-state index is 0.0171. The fraction of sp³-hybridized carbons (Fsp3) is 0.417. The van der Waals surface area contributed by atoms with E-state index in [1.54, 1.807) is 0 Å². The van der Waals surface area contributed by atoms with Crippen LogP contribution in [0.25, 0.3) is 5.69 Å². The van der Waals surface area contributed by atoms with E-state index in [4.69, 9.17) is 5.73 Å². The highest BCUT2D eigenvalue weighted by atomic mass is 16.2. The molecule has 0 aliphatic heterocycles. The van der Waals surface area contributed by atoms with Crippen molar-refractivity contribution in [1.29, 1.82) is 0 Å². The summed E-state index contributed by atoms with van der Waals surface area (Å²) >= 11 is 0. The number of rotatable bonds is 9. The molecule has 0 aliphatic rings. The number of aromatic amines is 1. The Labute approximate surface area is 192 Å². The van der Waals surface area contributed by atoms with Crippen LogP contribution in [0.5, 0.6) is 0 Å². The van der Waals surface area contributed by atoms with Crippen LogP contribution in [0.1, 0.15) is 50.1 Å². The molecule has 0 saturated heterocycles. The van der Waals surface area contributed by atoms with E-state index in [0.29, 0.717) is 25.9 Å². The van der Waals surface area contributed by atoms with Gasteiger partial charge in [-0.15, -0.1) is 0 Å². The van der Waals surface area contributed by atoms with E-state index in [1.807, 2.05) is 62.7 Å². The highest BCUT2D eigenvalue weighted by Crippen LogP contribution is 2.22. The predicted octanol–water partition coefficient (Wildman–Crippen LogP) is 2.71. The van der Waals surface area contributed by atoms with Gasteiger partial charge >= 0.3 is 5.69 Å². The molecule has 2 aromatic heterocycles. The van der Waals surface area contributed by atoms with Crippen LogP contribution in [-0.4, -0.2) is 31.8 Å². The highest BCUT2D eigenvalue weighted by molar-refractivity contribution is 5.97. The number of H-pyrrole nitrogens is 1. The van der Waals surface area contributed by atoms with Gasteiger partial charge in [0.05, 0.1) is 17.8 Å². The van der Waals surface area contributed by atoms with Gasteiger partial charge in [-0.2, -0.15) is 5.10 Å².